The number of benzene rings is 3. The number of hydrazone groups is 1. The van der Waals surface area contributed by atoms with E-state index in [4.69, 9.17) is 24.0 Å². The number of nitrogens with zero attached hydrogens (tertiary/aromatic N) is 3. The molecule has 1 saturated heterocycles. The number of phenols is 4. The Kier molecular flexibility index (Phi) is 15.5. The summed E-state index contributed by atoms with van der Waals surface area (Å²) in [4.78, 5) is 43.2. The zero-order valence-corrected chi connectivity index (χ0v) is 40.6. The molecule has 17 nitrogen and oxygen atoms in total. The Morgan fingerprint density at radius 3 is 2.21 bits per heavy atom. The summed E-state index contributed by atoms with van der Waals surface area (Å²) in [6.45, 7) is 18.0. The maximum Gasteiger partial charge on any atom is 0.312 e. The number of ether oxygens (including phenoxy) is 4. The van der Waals surface area contributed by atoms with E-state index in [1.54, 1.807) is 52.0 Å². The van der Waals surface area contributed by atoms with Crippen molar-refractivity contribution in [2.24, 2.45) is 28.8 Å². The number of aliphatic hydroxyl groups is 2. The largest absolute Gasteiger partial charge is 0.508 e. The van der Waals surface area contributed by atoms with Gasteiger partial charge in [-0.1, -0.05) is 64.1 Å². The lowest BCUT2D eigenvalue weighted by atomic mass is 9.78. The summed E-state index contributed by atoms with van der Waals surface area (Å²) < 4.78 is 23.8. The molecule has 0 radical (unpaired) electrons. The van der Waals surface area contributed by atoms with E-state index in [0.29, 0.717) is 19.6 Å². The van der Waals surface area contributed by atoms with Crippen LogP contribution >= 0.6 is 0 Å². The molecule has 3 aromatic rings. The van der Waals surface area contributed by atoms with E-state index in [1.165, 1.54) is 59.4 Å². The highest BCUT2D eigenvalue weighted by atomic mass is 16.7. The van der Waals surface area contributed by atoms with Crippen molar-refractivity contribution < 1.29 is 64.0 Å². The summed E-state index contributed by atoms with van der Waals surface area (Å²) in [6.07, 6.45) is 4.75. The summed E-state index contributed by atoms with van der Waals surface area (Å²) in [5.74, 6) is -8.45. The number of piperazine rings is 1. The molecule has 4 heterocycles. The predicted octanol–water partition coefficient (Wildman–Crippen LogP) is 6.39. The SMILES string of the molecule is CO[C@H]1/C=C/O[C@@]2(C)Oc3c(C)c(O)c4c(O)c(c(/C=N\N5C(C)CN(Cc6ccccc6O)CC5C)c(O)c4c3C2=O)NC(=O)/C(C)=C\C=C\[C@H](C)[C@H](O)[C@@H](C)[C@@H](O)[C@@H](C)[C@H](OC(C)=O)[C@@H]1C. The van der Waals surface area contributed by atoms with Crippen molar-refractivity contribution in [3.63, 3.8) is 0 Å². The molecular weight excluding hydrogens is 877 g/mol. The maximum atomic E-state index is 14.6. The Bertz CT molecular complexity index is 2530. The number of esters is 1. The number of fused-ring (bicyclic) bond motifs is 14. The van der Waals surface area contributed by atoms with Gasteiger partial charge in [-0.25, -0.2) is 0 Å². The van der Waals surface area contributed by atoms with Crippen LogP contribution in [0.3, 0.4) is 0 Å². The third kappa shape index (κ3) is 10.0. The highest BCUT2D eigenvalue weighted by Crippen LogP contribution is 2.55. The van der Waals surface area contributed by atoms with Crippen molar-refractivity contribution in [3.05, 3.63) is 82.7 Å². The van der Waals surface area contributed by atoms with E-state index >= 15 is 0 Å². The molecule has 1 amide bonds. The monoisotopic (exact) mass is 942 g/mol. The van der Waals surface area contributed by atoms with Crippen LogP contribution in [0.2, 0.25) is 0 Å². The molecule has 4 aliphatic rings. The minimum Gasteiger partial charge on any atom is -0.508 e. The second-order valence-electron chi connectivity index (χ2n) is 18.8. The fourth-order valence-electron chi connectivity index (χ4n) is 9.66. The molecule has 4 aliphatic heterocycles. The van der Waals surface area contributed by atoms with Gasteiger partial charge in [0.1, 0.15) is 29.1 Å². The van der Waals surface area contributed by atoms with Crippen LogP contribution in [0, 0.1) is 30.6 Å². The van der Waals surface area contributed by atoms with Crippen molar-refractivity contribution in [1.82, 2.24) is 9.91 Å². The summed E-state index contributed by atoms with van der Waals surface area (Å²) in [6, 6.07) is 6.75. The first-order valence-electron chi connectivity index (χ1n) is 22.9. The molecule has 2 unspecified atom stereocenters. The normalized spacial score (nSPS) is 31.5. The number of allylic oxidation sites excluding steroid dienone is 2. The standard InChI is InChI=1S/C51H66N4O13/c1-25-15-14-16-26(2)50(64)53-41-35(21-52-55-27(3)22-54(23-28(55)4)24-34-17-12-13-18-36(34)57)45(61)38-39(46(41)62)44(60)32(8)48-40(38)49(63)51(10,68-48)66-20-19-37(65-11)29(5)47(67-33(9)56)31(7)43(59)30(6)42(25)58/h12-21,25,27-31,37,42-43,47,57-62H,22-24H2,1-11H3,(H,53,64)/b15-14+,20-19+,26-16-,52-21-/t25-,27?,28?,29+,30+,31+,37-,42-,43+,47+,51-/m0/s1. The number of amides is 1. The minimum atomic E-state index is -2.08. The fourth-order valence-corrected chi connectivity index (χ4v) is 9.66. The van der Waals surface area contributed by atoms with E-state index in [1.807, 2.05) is 31.0 Å². The van der Waals surface area contributed by atoms with Crippen molar-refractivity contribution in [2.45, 2.75) is 118 Å². The van der Waals surface area contributed by atoms with E-state index < -0.39 is 88.8 Å². The summed E-state index contributed by atoms with van der Waals surface area (Å²) >= 11 is 0. The number of para-hydroxylation sites is 1. The molecular formula is C51H66N4O13. The molecule has 1 fully saturated rings. The van der Waals surface area contributed by atoms with Crippen LogP contribution in [-0.2, 0) is 30.3 Å². The van der Waals surface area contributed by atoms with Gasteiger partial charge in [0, 0.05) is 86.3 Å². The van der Waals surface area contributed by atoms with Gasteiger partial charge < -0.3 is 54.9 Å². The van der Waals surface area contributed by atoms with Crippen LogP contribution in [0.4, 0.5) is 5.69 Å². The number of nitrogens with one attached hydrogen (secondary N) is 1. The molecule has 0 spiro atoms. The van der Waals surface area contributed by atoms with Gasteiger partial charge in [0.15, 0.2) is 5.75 Å². The summed E-state index contributed by atoms with van der Waals surface area (Å²) in [5.41, 5.74) is 0.274. The van der Waals surface area contributed by atoms with Crippen molar-refractivity contribution >= 4 is 40.3 Å². The van der Waals surface area contributed by atoms with Crippen molar-refractivity contribution in [3.8, 4) is 28.7 Å². The average Bonchev–Trinajstić information content (AvgIpc) is 3.55. The van der Waals surface area contributed by atoms with Crippen molar-refractivity contribution in [1.29, 1.82) is 0 Å². The van der Waals surface area contributed by atoms with Crippen LogP contribution in [0.15, 0.2) is 65.5 Å². The van der Waals surface area contributed by atoms with Crippen LogP contribution in [0.5, 0.6) is 28.7 Å². The zero-order valence-electron chi connectivity index (χ0n) is 40.6. The highest BCUT2D eigenvalue weighted by molar-refractivity contribution is 6.23. The third-order valence-corrected chi connectivity index (χ3v) is 13.7. The van der Waals surface area contributed by atoms with E-state index in [-0.39, 0.29) is 62.3 Å². The second kappa shape index (κ2) is 20.6. The third-order valence-electron chi connectivity index (χ3n) is 13.7. The van der Waals surface area contributed by atoms with Gasteiger partial charge in [0.2, 0.25) is 0 Å². The highest BCUT2D eigenvalue weighted by Gasteiger charge is 2.50. The van der Waals surface area contributed by atoms with Gasteiger partial charge >= 0.3 is 11.8 Å². The lowest BCUT2D eigenvalue weighted by Crippen LogP contribution is -2.54. The number of Topliss-reactive ketones (excluding diaryl/α,β-unsaturated/α-hetero) is 1. The molecule has 0 saturated carbocycles. The first kappa shape index (κ1) is 51.3. The topological polar surface area (TPSA) is 240 Å². The summed E-state index contributed by atoms with van der Waals surface area (Å²) in [7, 11) is 1.43. The first-order valence-corrected chi connectivity index (χ1v) is 22.9. The molecule has 7 rings (SSSR count). The quantitative estimate of drug-likeness (QED) is 0.0614. The lowest BCUT2D eigenvalue weighted by molar-refractivity contribution is -0.160. The molecule has 0 aliphatic carbocycles. The number of ketones is 1. The van der Waals surface area contributed by atoms with Gasteiger partial charge in [0.05, 0.1) is 65.1 Å². The first-order chi connectivity index (χ1) is 32.0. The smallest absolute Gasteiger partial charge is 0.312 e. The molecule has 17 heteroatoms. The van der Waals surface area contributed by atoms with Gasteiger partial charge in [-0.15, -0.1) is 0 Å². The Hall–Kier alpha value is -6.14. The molecule has 0 aromatic heterocycles. The maximum absolute atomic E-state index is 14.6. The molecule has 7 N–H and O–H groups in total. The Morgan fingerprint density at radius 1 is 0.912 bits per heavy atom. The number of hydrogen-bond acceptors (Lipinski definition) is 16. The number of methoxy groups -OCH3 is 1. The van der Waals surface area contributed by atoms with E-state index in [0.717, 1.165) is 5.56 Å². The van der Waals surface area contributed by atoms with Crippen LogP contribution < -0.4 is 10.1 Å². The Labute approximate surface area is 396 Å². The van der Waals surface area contributed by atoms with Crippen LogP contribution in [-0.4, -0.2) is 127 Å². The van der Waals surface area contributed by atoms with Gasteiger partial charge in [-0.3, -0.25) is 24.3 Å². The van der Waals surface area contributed by atoms with E-state index in [2.05, 4.69) is 10.2 Å². The van der Waals surface area contributed by atoms with Gasteiger partial charge in [0.25, 0.3) is 11.7 Å². The molecule has 368 valence electrons. The van der Waals surface area contributed by atoms with Crippen molar-refractivity contribution in [2.75, 3.05) is 25.5 Å². The second-order valence-corrected chi connectivity index (χ2v) is 18.8. The Morgan fingerprint density at radius 2 is 1.57 bits per heavy atom. The molecule has 68 heavy (non-hydrogen) atoms. The predicted molar refractivity (Wildman–Crippen MR) is 256 cm³/mol. The van der Waals surface area contributed by atoms with Gasteiger partial charge in [-0.2, -0.15) is 5.10 Å². The average molecular weight is 943 g/mol. The lowest BCUT2D eigenvalue weighted by Gasteiger charge is -2.43. The number of phenolic OH excluding ortho intramolecular Hbond substituents is 4. The van der Waals surface area contributed by atoms with Crippen LogP contribution in [0.25, 0.3) is 10.8 Å². The van der Waals surface area contributed by atoms with Crippen LogP contribution in [0.1, 0.15) is 89.4 Å². The fraction of sp³-hybridized carbons (Fsp3) is 0.490. The number of aliphatic hydroxyl groups excluding tert-OH is 2. The minimum absolute atomic E-state index is 0.0346. The number of anilines is 1. The number of carbonyl (C=O) groups is 3. The molecule has 5 bridgehead atoms. The zero-order chi connectivity index (χ0) is 50.1. The van der Waals surface area contributed by atoms with Gasteiger partial charge in [-0.05, 0) is 39.8 Å². The number of carbonyl (C=O) groups excluding carboxylic acids is 3. The summed E-state index contributed by atoms with van der Waals surface area (Å²) in [5, 5.41) is 78.4. The molecule has 11 atom stereocenters. The number of aromatic hydroxyl groups is 4. The number of rotatable bonds is 6. The Balaban J connectivity index is 1.48. The number of hydrogen-bond donors (Lipinski definition) is 7. The molecule has 3 aromatic carbocycles. The van der Waals surface area contributed by atoms with E-state index in [9.17, 15) is 45.0 Å².